The number of anilines is 1. The summed E-state index contributed by atoms with van der Waals surface area (Å²) >= 11 is 1.25. The molecule has 0 bridgehead atoms. The van der Waals surface area contributed by atoms with Gasteiger partial charge in [-0.2, -0.15) is 4.37 Å². The number of rotatable bonds is 4. The molecule has 2 N–H and O–H groups in total. The molecule has 0 aromatic carbocycles. The maximum atomic E-state index is 11.1. The Morgan fingerprint density at radius 2 is 2.22 bits per heavy atom. The molecule has 0 spiro atoms. The van der Waals surface area contributed by atoms with Gasteiger partial charge in [0.1, 0.15) is 10.6 Å². The molecule has 4 nitrogen and oxygen atoms in total. The second-order valence-corrected chi connectivity index (χ2v) is 5.95. The molecule has 18 heavy (non-hydrogen) atoms. The zero-order valence-corrected chi connectivity index (χ0v) is 11.7. The third kappa shape index (κ3) is 2.83. The maximum Gasteiger partial charge on any atom is 0.340 e. The molecule has 5 heteroatoms. The number of aromatic carboxylic acids is 1. The van der Waals surface area contributed by atoms with Crippen LogP contribution in [-0.4, -0.2) is 22.0 Å². The van der Waals surface area contributed by atoms with Gasteiger partial charge >= 0.3 is 5.97 Å². The number of hydrogen-bond acceptors (Lipinski definition) is 4. The molecule has 0 saturated heterocycles. The lowest BCUT2D eigenvalue weighted by atomic mass is 9.80. The summed E-state index contributed by atoms with van der Waals surface area (Å²) in [6.45, 7) is 4.90. The van der Waals surface area contributed by atoms with Crippen LogP contribution >= 0.6 is 11.5 Å². The molecule has 1 fully saturated rings. The highest BCUT2D eigenvalue weighted by atomic mass is 32.1. The van der Waals surface area contributed by atoms with Gasteiger partial charge in [0.25, 0.3) is 0 Å². The fraction of sp³-hybridized carbons (Fsp3) is 0.692. The second kappa shape index (κ2) is 5.69. The van der Waals surface area contributed by atoms with Crippen LogP contribution in [0, 0.1) is 18.8 Å². The Morgan fingerprint density at radius 3 is 2.89 bits per heavy atom. The van der Waals surface area contributed by atoms with E-state index in [1.54, 1.807) is 6.92 Å². The molecule has 0 amide bonds. The number of aryl methyl sites for hydroxylation is 1. The summed E-state index contributed by atoms with van der Waals surface area (Å²) in [4.78, 5) is 11.1. The van der Waals surface area contributed by atoms with Gasteiger partial charge in [0.05, 0.1) is 5.69 Å². The van der Waals surface area contributed by atoms with Crippen molar-refractivity contribution in [1.29, 1.82) is 0 Å². The summed E-state index contributed by atoms with van der Waals surface area (Å²) < 4.78 is 4.12. The Bertz CT molecular complexity index is 431. The Labute approximate surface area is 112 Å². The van der Waals surface area contributed by atoms with Crippen molar-refractivity contribution in [1.82, 2.24) is 4.37 Å². The van der Waals surface area contributed by atoms with E-state index >= 15 is 0 Å². The van der Waals surface area contributed by atoms with Gasteiger partial charge in [0.2, 0.25) is 0 Å². The highest BCUT2D eigenvalue weighted by Crippen LogP contribution is 2.31. The van der Waals surface area contributed by atoms with E-state index in [0.29, 0.717) is 22.2 Å². The van der Waals surface area contributed by atoms with Crippen molar-refractivity contribution in [3.63, 3.8) is 0 Å². The quantitative estimate of drug-likeness (QED) is 0.878. The number of aromatic nitrogens is 1. The molecule has 0 aliphatic heterocycles. The van der Waals surface area contributed by atoms with E-state index < -0.39 is 5.97 Å². The van der Waals surface area contributed by atoms with Gasteiger partial charge in [-0.1, -0.05) is 26.2 Å². The first-order valence-corrected chi connectivity index (χ1v) is 7.30. The predicted octanol–water partition coefficient (Wildman–Crippen LogP) is 3.39. The van der Waals surface area contributed by atoms with Gasteiger partial charge in [0.15, 0.2) is 0 Å². The average molecular weight is 268 g/mol. The maximum absolute atomic E-state index is 11.1. The Kier molecular flexibility index (Phi) is 4.22. The minimum absolute atomic E-state index is 0.337. The van der Waals surface area contributed by atoms with Gasteiger partial charge in [-0.25, -0.2) is 4.79 Å². The number of carbonyl (C=O) groups is 1. The summed E-state index contributed by atoms with van der Waals surface area (Å²) in [5, 5.41) is 13.1. The van der Waals surface area contributed by atoms with Crippen LogP contribution in [0.2, 0.25) is 0 Å². The molecule has 1 saturated carbocycles. The van der Waals surface area contributed by atoms with Gasteiger partial charge in [0, 0.05) is 6.54 Å². The summed E-state index contributed by atoms with van der Waals surface area (Å²) in [5.41, 5.74) is 0.940. The van der Waals surface area contributed by atoms with Crippen molar-refractivity contribution in [3.05, 3.63) is 11.3 Å². The van der Waals surface area contributed by atoms with Crippen molar-refractivity contribution in [2.24, 2.45) is 11.8 Å². The molecule has 2 unspecified atom stereocenters. The van der Waals surface area contributed by atoms with Crippen LogP contribution in [-0.2, 0) is 0 Å². The fourth-order valence-electron chi connectivity index (χ4n) is 2.66. The standard InChI is InChI=1S/C13H20N2O2S/c1-8-5-3-4-6-10(8)7-14-12-11(13(16)17)9(2)15-18-12/h8,10,14H,3-7H2,1-2H3,(H,16,17). The Hall–Kier alpha value is -1.10. The summed E-state index contributed by atoms with van der Waals surface area (Å²) in [7, 11) is 0. The molecular weight excluding hydrogens is 248 g/mol. The zero-order chi connectivity index (χ0) is 13.1. The van der Waals surface area contributed by atoms with E-state index in [4.69, 9.17) is 5.11 Å². The molecule has 1 aromatic rings. The van der Waals surface area contributed by atoms with Crippen molar-refractivity contribution in [2.45, 2.75) is 39.5 Å². The molecular formula is C13H20N2O2S. The molecule has 1 aromatic heterocycles. The largest absolute Gasteiger partial charge is 0.478 e. The summed E-state index contributed by atoms with van der Waals surface area (Å²) in [6.07, 6.45) is 5.16. The normalized spacial score (nSPS) is 23.9. The zero-order valence-electron chi connectivity index (χ0n) is 10.9. The average Bonchev–Trinajstić information content (AvgIpc) is 2.69. The Morgan fingerprint density at radius 1 is 1.50 bits per heavy atom. The van der Waals surface area contributed by atoms with Crippen molar-refractivity contribution >= 4 is 22.5 Å². The lowest BCUT2D eigenvalue weighted by molar-refractivity contribution is 0.0697. The smallest absolute Gasteiger partial charge is 0.340 e. The third-order valence-corrected chi connectivity index (χ3v) is 4.79. The van der Waals surface area contributed by atoms with Crippen molar-refractivity contribution < 1.29 is 9.90 Å². The molecule has 1 heterocycles. The van der Waals surface area contributed by atoms with E-state index in [-0.39, 0.29) is 0 Å². The topological polar surface area (TPSA) is 62.2 Å². The second-order valence-electron chi connectivity index (χ2n) is 5.18. The third-order valence-electron chi connectivity index (χ3n) is 3.89. The first kappa shape index (κ1) is 13.3. The molecule has 0 radical (unpaired) electrons. The van der Waals surface area contributed by atoms with E-state index in [1.165, 1.54) is 37.2 Å². The first-order valence-electron chi connectivity index (χ1n) is 6.53. The minimum Gasteiger partial charge on any atom is -0.478 e. The van der Waals surface area contributed by atoms with Crippen LogP contribution in [0.4, 0.5) is 5.00 Å². The van der Waals surface area contributed by atoms with Crippen molar-refractivity contribution in [2.75, 3.05) is 11.9 Å². The molecule has 100 valence electrons. The van der Waals surface area contributed by atoms with Gasteiger partial charge in [-0.15, -0.1) is 0 Å². The predicted molar refractivity (Wildman–Crippen MR) is 73.4 cm³/mol. The molecule has 2 rings (SSSR count). The van der Waals surface area contributed by atoms with Crippen LogP contribution < -0.4 is 5.32 Å². The fourth-order valence-corrected chi connectivity index (χ4v) is 3.46. The SMILES string of the molecule is Cc1nsc(NCC2CCCCC2C)c1C(=O)O. The van der Waals surface area contributed by atoms with E-state index in [1.807, 2.05) is 0 Å². The number of carboxylic acid groups (broad SMARTS) is 1. The molecule has 1 aliphatic carbocycles. The number of hydrogen-bond donors (Lipinski definition) is 2. The van der Waals surface area contributed by atoms with Crippen LogP contribution in [0.1, 0.15) is 48.7 Å². The van der Waals surface area contributed by atoms with Gasteiger partial charge < -0.3 is 10.4 Å². The van der Waals surface area contributed by atoms with Gasteiger partial charge in [-0.05, 0) is 36.7 Å². The number of carboxylic acids is 1. The number of nitrogens with zero attached hydrogens (tertiary/aromatic N) is 1. The summed E-state index contributed by atoms with van der Waals surface area (Å²) in [5.74, 6) is 0.497. The van der Waals surface area contributed by atoms with E-state index in [2.05, 4.69) is 16.6 Å². The Balaban J connectivity index is 1.99. The minimum atomic E-state index is -0.888. The lowest BCUT2D eigenvalue weighted by Gasteiger charge is -2.28. The molecule has 1 aliphatic rings. The first-order chi connectivity index (χ1) is 8.59. The van der Waals surface area contributed by atoms with Crippen LogP contribution in [0.5, 0.6) is 0 Å². The van der Waals surface area contributed by atoms with Crippen LogP contribution in [0.25, 0.3) is 0 Å². The van der Waals surface area contributed by atoms with Crippen LogP contribution in [0.3, 0.4) is 0 Å². The van der Waals surface area contributed by atoms with Gasteiger partial charge in [-0.3, -0.25) is 0 Å². The van der Waals surface area contributed by atoms with E-state index in [0.717, 1.165) is 12.5 Å². The van der Waals surface area contributed by atoms with Crippen molar-refractivity contribution in [3.8, 4) is 0 Å². The molecule has 2 atom stereocenters. The number of nitrogens with one attached hydrogen (secondary N) is 1. The highest BCUT2D eigenvalue weighted by molar-refractivity contribution is 7.10. The van der Waals surface area contributed by atoms with E-state index in [9.17, 15) is 4.79 Å². The summed E-state index contributed by atoms with van der Waals surface area (Å²) in [6, 6.07) is 0. The highest BCUT2D eigenvalue weighted by Gasteiger charge is 2.23. The monoisotopic (exact) mass is 268 g/mol. The lowest BCUT2D eigenvalue weighted by Crippen LogP contribution is -2.24. The van der Waals surface area contributed by atoms with Crippen LogP contribution in [0.15, 0.2) is 0 Å².